The molecule has 2 atom stereocenters. The zero-order valence-corrected chi connectivity index (χ0v) is 25.9. The van der Waals surface area contributed by atoms with Gasteiger partial charge in [0, 0.05) is 43.4 Å². The predicted molar refractivity (Wildman–Crippen MR) is 159 cm³/mol. The van der Waals surface area contributed by atoms with Gasteiger partial charge in [-0.05, 0) is 42.2 Å². The minimum Gasteiger partial charge on any atom is -0.494 e. The number of fused-ring (bicyclic) bond motifs is 1. The normalized spacial score (nSPS) is 19.1. The van der Waals surface area contributed by atoms with Crippen LogP contribution in [0.25, 0.3) is 0 Å². The van der Waals surface area contributed by atoms with Gasteiger partial charge in [-0.15, -0.1) is 0 Å². The first-order chi connectivity index (χ1) is 21.0. The molecule has 0 aliphatic carbocycles. The standard InChI is InChI=1S/C31H37F3N4O7/c1-7-45-25-10-17-12-38(27(36-29(43)31(32,33)34)18(17)11-19(25)28(42)35-5)13-22(39)16-8-20(30(2,3)4)26(44-6)21(9-16)37-14-23(40)24(41)15-37/h8-11,23-24,40-41H,7,12-15H2,1-6H3,(H,35,42)/b36-27-/t23-,24-/m1/s1. The van der Waals surface area contributed by atoms with Crippen LogP contribution < -0.4 is 19.7 Å². The van der Waals surface area contributed by atoms with Crippen LogP contribution in [0.1, 0.15) is 65.1 Å². The first-order valence-electron chi connectivity index (χ1n) is 14.3. The van der Waals surface area contributed by atoms with E-state index in [1.54, 1.807) is 24.0 Å². The molecule has 2 aliphatic heterocycles. The summed E-state index contributed by atoms with van der Waals surface area (Å²) in [5.74, 6) is -3.17. The van der Waals surface area contributed by atoms with Crippen LogP contribution in [0.3, 0.4) is 0 Å². The quantitative estimate of drug-likeness (QED) is 0.374. The van der Waals surface area contributed by atoms with Gasteiger partial charge in [0.05, 0.1) is 43.7 Å². The maximum absolute atomic E-state index is 13.9. The van der Waals surface area contributed by atoms with Gasteiger partial charge in [0.1, 0.15) is 17.3 Å². The van der Waals surface area contributed by atoms with Crippen molar-refractivity contribution in [1.82, 2.24) is 10.2 Å². The second-order valence-corrected chi connectivity index (χ2v) is 11.9. The van der Waals surface area contributed by atoms with Crippen molar-refractivity contribution in [3.05, 3.63) is 52.1 Å². The van der Waals surface area contributed by atoms with E-state index >= 15 is 0 Å². The number of aliphatic hydroxyl groups excluding tert-OH is 2. The molecule has 2 heterocycles. The van der Waals surface area contributed by atoms with Crippen molar-refractivity contribution in [1.29, 1.82) is 0 Å². The number of amidine groups is 1. The van der Waals surface area contributed by atoms with E-state index in [4.69, 9.17) is 9.47 Å². The third kappa shape index (κ3) is 6.91. The Morgan fingerprint density at radius 2 is 1.71 bits per heavy atom. The van der Waals surface area contributed by atoms with E-state index in [9.17, 15) is 37.8 Å². The smallest absolute Gasteiger partial charge is 0.473 e. The van der Waals surface area contributed by atoms with Crippen LogP contribution in [0, 0.1) is 0 Å². The number of hydrogen-bond donors (Lipinski definition) is 3. The van der Waals surface area contributed by atoms with Gasteiger partial charge < -0.3 is 34.8 Å². The van der Waals surface area contributed by atoms with Crippen molar-refractivity contribution in [2.45, 2.75) is 58.0 Å². The number of amides is 2. The molecule has 0 radical (unpaired) electrons. The van der Waals surface area contributed by atoms with E-state index in [0.717, 1.165) is 0 Å². The van der Waals surface area contributed by atoms with Crippen LogP contribution in [0.4, 0.5) is 18.9 Å². The molecule has 2 aromatic rings. The number of aliphatic hydroxyl groups is 2. The summed E-state index contributed by atoms with van der Waals surface area (Å²) in [6.07, 6.45) is -7.29. The lowest BCUT2D eigenvalue weighted by molar-refractivity contribution is -0.169. The fraction of sp³-hybridized carbons (Fsp3) is 0.484. The van der Waals surface area contributed by atoms with E-state index in [2.05, 4.69) is 10.3 Å². The molecule has 3 N–H and O–H groups in total. The van der Waals surface area contributed by atoms with E-state index in [1.165, 1.54) is 31.2 Å². The van der Waals surface area contributed by atoms with Gasteiger partial charge >= 0.3 is 12.1 Å². The van der Waals surface area contributed by atoms with Crippen LogP contribution in [0.2, 0.25) is 0 Å². The third-order valence-corrected chi connectivity index (χ3v) is 7.67. The van der Waals surface area contributed by atoms with Gasteiger partial charge in [-0.2, -0.15) is 18.2 Å². The summed E-state index contributed by atoms with van der Waals surface area (Å²) in [6, 6.07) is 6.00. The molecule has 0 spiro atoms. The first kappa shape index (κ1) is 33.7. The topological polar surface area (TPSA) is 141 Å². The Labute approximate surface area is 258 Å². The fourth-order valence-corrected chi connectivity index (χ4v) is 5.43. The number of carbonyl (C=O) groups excluding carboxylic acids is 3. The van der Waals surface area contributed by atoms with Crippen LogP contribution in [-0.4, -0.2) is 97.3 Å². The summed E-state index contributed by atoms with van der Waals surface area (Å²) < 4.78 is 51.4. The minimum atomic E-state index is -5.27. The Morgan fingerprint density at radius 1 is 1.07 bits per heavy atom. The molecule has 0 saturated carbocycles. The highest BCUT2D eigenvalue weighted by Gasteiger charge is 2.41. The summed E-state index contributed by atoms with van der Waals surface area (Å²) >= 11 is 0. The maximum Gasteiger partial charge on any atom is 0.473 e. The van der Waals surface area contributed by atoms with Gasteiger partial charge in [0.15, 0.2) is 5.78 Å². The van der Waals surface area contributed by atoms with Gasteiger partial charge in [0.2, 0.25) is 0 Å². The molecule has 14 heteroatoms. The molecule has 2 amide bonds. The summed E-state index contributed by atoms with van der Waals surface area (Å²) in [5, 5.41) is 22.9. The van der Waals surface area contributed by atoms with Crippen molar-refractivity contribution < 1.29 is 47.2 Å². The second-order valence-electron chi connectivity index (χ2n) is 11.9. The maximum atomic E-state index is 13.9. The monoisotopic (exact) mass is 634 g/mol. The summed E-state index contributed by atoms with van der Waals surface area (Å²) in [5.41, 5.74) is 1.34. The number of methoxy groups -OCH3 is 1. The highest BCUT2D eigenvalue weighted by molar-refractivity contribution is 6.12. The molecule has 4 rings (SSSR count). The average Bonchev–Trinajstić information content (AvgIpc) is 3.47. The molecular weight excluding hydrogens is 597 g/mol. The molecular formula is C31H37F3N4O7. The lowest BCUT2D eigenvalue weighted by Gasteiger charge is -2.29. The SMILES string of the molecule is CCOc1cc2c(cc1C(=O)NC)/C(=N/C(=O)C(F)(F)F)N(CC(=O)c1cc(N3C[C@@H](O)[C@H](O)C3)c(OC)c(C(C)(C)C)c1)C2. The minimum absolute atomic E-state index is 0.0306. The molecule has 2 aromatic carbocycles. The Morgan fingerprint density at radius 3 is 2.24 bits per heavy atom. The van der Waals surface area contributed by atoms with E-state index in [0.29, 0.717) is 22.6 Å². The number of nitrogens with one attached hydrogen (secondary N) is 1. The van der Waals surface area contributed by atoms with Crippen molar-refractivity contribution in [3.63, 3.8) is 0 Å². The molecule has 0 unspecified atom stereocenters. The number of β-amino-alcohol motifs (C(OH)–C–C–N with tert-alkyl or cyclic N) is 2. The summed E-state index contributed by atoms with van der Waals surface area (Å²) in [6.45, 7) is 7.30. The number of ether oxygens (including phenoxy) is 2. The summed E-state index contributed by atoms with van der Waals surface area (Å²) in [4.78, 5) is 44.9. The molecule has 11 nitrogen and oxygen atoms in total. The predicted octanol–water partition coefficient (Wildman–Crippen LogP) is 2.83. The van der Waals surface area contributed by atoms with Crippen LogP contribution in [-0.2, 0) is 16.8 Å². The van der Waals surface area contributed by atoms with Gasteiger partial charge in [0.25, 0.3) is 5.91 Å². The Bertz CT molecular complexity index is 1520. The molecule has 244 valence electrons. The highest BCUT2D eigenvalue weighted by Crippen LogP contribution is 2.41. The lowest BCUT2D eigenvalue weighted by atomic mass is 9.84. The molecule has 0 bridgehead atoms. The second kappa shape index (κ2) is 12.7. The van der Waals surface area contributed by atoms with Crippen molar-refractivity contribution in [2.75, 3.05) is 45.3 Å². The Kier molecular flexibility index (Phi) is 9.50. The zero-order valence-electron chi connectivity index (χ0n) is 25.9. The first-order valence-corrected chi connectivity index (χ1v) is 14.3. The van der Waals surface area contributed by atoms with Crippen LogP contribution in [0.15, 0.2) is 29.3 Å². The number of benzene rings is 2. The number of hydrogen-bond acceptors (Lipinski definition) is 8. The average molecular weight is 635 g/mol. The van der Waals surface area contributed by atoms with Gasteiger partial charge in [-0.1, -0.05) is 20.8 Å². The number of alkyl halides is 3. The number of carbonyl (C=O) groups is 3. The molecule has 2 aliphatic rings. The molecule has 1 saturated heterocycles. The molecule has 45 heavy (non-hydrogen) atoms. The number of Topliss-reactive ketones (excluding diaryl/α,β-unsaturated/α-hetero) is 1. The number of ketones is 1. The van der Waals surface area contributed by atoms with Gasteiger partial charge in [-0.3, -0.25) is 14.4 Å². The number of anilines is 1. The lowest BCUT2D eigenvalue weighted by Crippen LogP contribution is -2.33. The number of halogens is 3. The van der Waals surface area contributed by atoms with Crippen molar-refractivity contribution in [3.8, 4) is 11.5 Å². The molecule has 1 fully saturated rings. The molecule has 0 aromatic heterocycles. The Balaban J connectivity index is 1.80. The van der Waals surface area contributed by atoms with Crippen molar-refractivity contribution in [2.24, 2.45) is 4.99 Å². The third-order valence-electron chi connectivity index (χ3n) is 7.67. The highest BCUT2D eigenvalue weighted by atomic mass is 19.4. The van der Waals surface area contributed by atoms with Crippen LogP contribution >= 0.6 is 0 Å². The Hall–Kier alpha value is -4.17. The van der Waals surface area contributed by atoms with Gasteiger partial charge in [-0.25, -0.2) is 0 Å². The number of rotatable bonds is 8. The number of nitrogens with zero attached hydrogens (tertiary/aromatic N) is 3. The zero-order chi connectivity index (χ0) is 33.4. The largest absolute Gasteiger partial charge is 0.494 e. The van der Waals surface area contributed by atoms with E-state index in [-0.39, 0.29) is 48.7 Å². The van der Waals surface area contributed by atoms with E-state index < -0.39 is 53.8 Å². The summed E-state index contributed by atoms with van der Waals surface area (Å²) in [7, 11) is 2.86. The van der Waals surface area contributed by atoms with Crippen LogP contribution in [0.5, 0.6) is 11.5 Å². The fourth-order valence-electron chi connectivity index (χ4n) is 5.43. The van der Waals surface area contributed by atoms with Crippen molar-refractivity contribution >= 4 is 29.1 Å². The van der Waals surface area contributed by atoms with E-state index in [1.807, 2.05) is 20.8 Å². The number of aliphatic imine (C=N–C) groups is 1.